The number of nitrogens with one attached hydrogen (secondary N) is 1. The van der Waals surface area contributed by atoms with Gasteiger partial charge in [0.2, 0.25) is 36.0 Å². The van der Waals surface area contributed by atoms with Crippen molar-refractivity contribution in [3.05, 3.63) is 53.6 Å². The van der Waals surface area contributed by atoms with Gasteiger partial charge < -0.3 is 0 Å². The number of amides is 1. The molecule has 31 heavy (non-hydrogen) atoms. The summed E-state index contributed by atoms with van der Waals surface area (Å²) < 4.78 is 75.1. The fourth-order valence-electron chi connectivity index (χ4n) is 3.18. The molecule has 0 unspecified atom stereocenters. The molecule has 0 saturated carbocycles. The first-order chi connectivity index (χ1) is 14.3. The van der Waals surface area contributed by atoms with Crippen LogP contribution < -0.4 is 14.2 Å². The second-order valence-electron chi connectivity index (χ2n) is 7.01. The largest absolute Gasteiger partial charge is 0.273 e. The van der Waals surface area contributed by atoms with Crippen molar-refractivity contribution >= 4 is 41.7 Å². The number of rotatable bonds is 7. The summed E-state index contributed by atoms with van der Waals surface area (Å²) in [4.78, 5) is 11.8. The Labute approximate surface area is 181 Å². The molecule has 13 heteroatoms. The number of benzene rings is 2. The molecule has 0 atom stereocenters. The smallest absolute Gasteiger partial charge is 0.242 e. The van der Waals surface area contributed by atoms with Crippen LogP contribution in [0.25, 0.3) is 0 Å². The molecule has 0 bridgehead atoms. The maximum Gasteiger partial charge on any atom is 0.242 e. The van der Waals surface area contributed by atoms with E-state index in [-0.39, 0.29) is 39.8 Å². The van der Waals surface area contributed by atoms with E-state index in [1.807, 2.05) is 0 Å². The highest BCUT2D eigenvalue weighted by Gasteiger charge is 2.36. The predicted molar refractivity (Wildman–Crippen MR) is 114 cm³/mol. The molecule has 0 spiro atoms. The lowest BCUT2D eigenvalue weighted by Gasteiger charge is -2.17. The number of carbonyl (C=O) groups excluding carboxylic acids is 1. The number of hydrogen-bond acceptors (Lipinski definition) is 7. The van der Waals surface area contributed by atoms with Gasteiger partial charge in [0, 0.05) is 13.0 Å². The second-order valence-corrected chi connectivity index (χ2v) is 12.2. The maximum atomic E-state index is 12.6. The average Bonchev–Trinajstić information content (AvgIpc) is 2.93. The monoisotopic (exact) mass is 487 g/mol. The number of carbonyl (C=O) groups is 1. The summed E-state index contributed by atoms with van der Waals surface area (Å²) in [6, 6.07) is 9.67. The van der Waals surface area contributed by atoms with Crippen LogP contribution in [0.2, 0.25) is 0 Å². The van der Waals surface area contributed by atoms with E-state index in [0.29, 0.717) is 16.3 Å². The van der Waals surface area contributed by atoms with Crippen LogP contribution in [0.5, 0.6) is 0 Å². The second kappa shape index (κ2) is 8.31. The first-order valence-corrected chi connectivity index (χ1v) is 13.7. The zero-order chi connectivity index (χ0) is 23.0. The molecule has 10 nitrogen and oxygen atoms in total. The lowest BCUT2D eigenvalue weighted by molar-refractivity contribution is -0.116. The van der Waals surface area contributed by atoms with Crippen molar-refractivity contribution in [1.29, 1.82) is 0 Å². The highest BCUT2D eigenvalue weighted by atomic mass is 32.2. The van der Waals surface area contributed by atoms with E-state index in [1.54, 1.807) is 12.1 Å². The van der Waals surface area contributed by atoms with Crippen LogP contribution in [0.4, 0.5) is 5.69 Å². The molecule has 1 heterocycles. The molecule has 2 aromatic rings. The maximum absolute atomic E-state index is 12.6. The lowest BCUT2D eigenvalue weighted by Crippen LogP contribution is -2.30. The molecule has 0 aromatic heterocycles. The Kier molecular flexibility index (Phi) is 6.26. The number of nitrogens with two attached hydrogens (primary N) is 1. The van der Waals surface area contributed by atoms with Gasteiger partial charge in [-0.1, -0.05) is 12.1 Å². The van der Waals surface area contributed by atoms with Gasteiger partial charge in [0.05, 0.1) is 21.2 Å². The number of hydrogen-bond donors (Lipinski definition) is 2. The predicted octanol–water partition coefficient (Wildman–Crippen LogP) is 0.230. The van der Waals surface area contributed by atoms with Crippen LogP contribution in [0.15, 0.2) is 52.3 Å². The van der Waals surface area contributed by atoms with Crippen LogP contribution >= 0.6 is 0 Å². The summed E-state index contributed by atoms with van der Waals surface area (Å²) in [5.41, 5.74) is 1.10. The third kappa shape index (κ3) is 5.13. The van der Waals surface area contributed by atoms with Crippen LogP contribution in [0.1, 0.15) is 17.5 Å². The third-order valence-electron chi connectivity index (χ3n) is 4.72. The van der Waals surface area contributed by atoms with Crippen molar-refractivity contribution in [3.63, 3.8) is 0 Å². The molecule has 1 aliphatic heterocycles. The minimum atomic E-state index is -3.89. The normalized spacial score (nSPS) is 16.6. The summed E-state index contributed by atoms with van der Waals surface area (Å²) in [6.45, 7) is 1.56. The molecule has 1 amide bonds. The van der Waals surface area contributed by atoms with E-state index in [9.17, 15) is 30.0 Å². The Morgan fingerprint density at radius 2 is 1.71 bits per heavy atom. The van der Waals surface area contributed by atoms with Crippen LogP contribution in [-0.4, -0.2) is 43.5 Å². The zero-order valence-electron chi connectivity index (χ0n) is 16.5. The van der Waals surface area contributed by atoms with Gasteiger partial charge in [0.25, 0.3) is 0 Å². The standard InChI is InChI=1S/C18H21N3O7S3/c1-13-12-15(21-18(22)9-11-29(21,23)24)4-7-17(13)31(27,28)20-10-8-14-2-5-16(6-3-14)30(19,25)26/h2-7,12,20H,8-11H2,1H3,(H2,19,25,26). The zero-order valence-corrected chi connectivity index (χ0v) is 18.9. The van der Waals surface area contributed by atoms with Gasteiger partial charge in [0.15, 0.2) is 0 Å². The first kappa shape index (κ1) is 23.3. The summed E-state index contributed by atoms with van der Waals surface area (Å²) in [7, 11) is -11.4. The highest BCUT2D eigenvalue weighted by molar-refractivity contribution is 7.94. The number of anilines is 1. The molecule has 3 N–H and O–H groups in total. The van der Waals surface area contributed by atoms with Crippen LogP contribution in [-0.2, 0) is 41.3 Å². The minimum absolute atomic E-state index is 0.0361. The molecular weight excluding hydrogens is 466 g/mol. The number of aryl methyl sites for hydroxylation is 1. The van der Waals surface area contributed by atoms with Gasteiger partial charge in [0.1, 0.15) is 0 Å². The van der Waals surface area contributed by atoms with Crippen molar-refractivity contribution in [2.75, 3.05) is 16.6 Å². The molecule has 1 saturated heterocycles. The summed E-state index contributed by atoms with van der Waals surface area (Å²) in [5.74, 6) is -0.827. The third-order valence-corrected chi connectivity index (χ3v) is 8.96. The Morgan fingerprint density at radius 1 is 1.06 bits per heavy atom. The Morgan fingerprint density at radius 3 is 2.23 bits per heavy atom. The van der Waals surface area contributed by atoms with Crippen molar-refractivity contribution in [3.8, 4) is 0 Å². The molecule has 0 aliphatic carbocycles. The van der Waals surface area contributed by atoms with Crippen molar-refractivity contribution in [1.82, 2.24) is 4.72 Å². The highest BCUT2D eigenvalue weighted by Crippen LogP contribution is 2.28. The fourth-order valence-corrected chi connectivity index (χ4v) is 6.41. The van der Waals surface area contributed by atoms with E-state index in [1.165, 1.54) is 37.3 Å². The van der Waals surface area contributed by atoms with E-state index >= 15 is 0 Å². The Hall–Kier alpha value is -2.32. The molecular formula is C18H21N3O7S3. The van der Waals surface area contributed by atoms with Gasteiger partial charge in [-0.25, -0.2) is 39.4 Å². The first-order valence-electron chi connectivity index (χ1n) is 9.09. The number of nitrogens with zero attached hydrogens (tertiary/aromatic N) is 1. The molecule has 2 aromatic carbocycles. The van der Waals surface area contributed by atoms with E-state index in [0.717, 1.165) is 0 Å². The lowest BCUT2D eigenvalue weighted by atomic mass is 10.2. The molecule has 168 valence electrons. The molecule has 1 aliphatic rings. The number of sulfonamides is 3. The van der Waals surface area contributed by atoms with Crippen molar-refractivity contribution < 1.29 is 30.0 Å². The van der Waals surface area contributed by atoms with E-state index in [2.05, 4.69) is 4.72 Å². The summed E-state index contributed by atoms with van der Waals surface area (Å²) >= 11 is 0. The molecule has 3 rings (SSSR count). The van der Waals surface area contributed by atoms with Crippen molar-refractivity contribution in [2.45, 2.75) is 29.6 Å². The van der Waals surface area contributed by atoms with Gasteiger partial charge in [-0.05, 0) is 54.8 Å². The Bertz CT molecular complexity index is 1330. The van der Waals surface area contributed by atoms with Gasteiger partial charge in [-0.3, -0.25) is 4.79 Å². The minimum Gasteiger partial charge on any atom is -0.273 e. The van der Waals surface area contributed by atoms with Crippen LogP contribution in [0.3, 0.4) is 0 Å². The summed E-state index contributed by atoms with van der Waals surface area (Å²) in [6.07, 6.45) is 0.197. The van der Waals surface area contributed by atoms with Gasteiger partial charge >= 0.3 is 0 Å². The SMILES string of the molecule is Cc1cc(N2C(=O)CCS2(=O)=O)ccc1S(=O)(=O)NCCc1ccc(S(N)(=O)=O)cc1. The Balaban J connectivity index is 1.71. The molecule has 0 radical (unpaired) electrons. The van der Waals surface area contributed by atoms with Crippen molar-refractivity contribution in [2.24, 2.45) is 5.14 Å². The average molecular weight is 488 g/mol. The topological polar surface area (TPSA) is 161 Å². The number of primary sulfonamides is 1. The summed E-state index contributed by atoms with van der Waals surface area (Å²) in [5, 5.41) is 5.04. The van der Waals surface area contributed by atoms with Gasteiger partial charge in [-0.15, -0.1) is 0 Å². The van der Waals surface area contributed by atoms with E-state index < -0.39 is 36.0 Å². The molecule has 1 fully saturated rings. The quantitative estimate of drug-likeness (QED) is 0.565. The van der Waals surface area contributed by atoms with Gasteiger partial charge in [-0.2, -0.15) is 0 Å². The van der Waals surface area contributed by atoms with Crippen LogP contribution in [0, 0.1) is 6.92 Å². The van der Waals surface area contributed by atoms with E-state index in [4.69, 9.17) is 5.14 Å². The fraction of sp³-hybridized carbons (Fsp3) is 0.278.